The first-order valence-corrected chi connectivity index (χ1v) is 11.7. The van der Waals surface area contributed by atoms with Crippen molar-refractivity contribution in [3.8, 4) is 5.75 Å². The van der Waals surface area contributed by atoms with Crippen LogP contribution in [0.5, 0.6) is 5.75 Å². The van der Waals surface area contributed by atoms with E-state index in [2.05, 4.69) is 36.0 Å². The Labute approximate surface area is 180 Å². The van der Waals surface area contributed by atoms with Crippen LogP contribution in [0.15, 0.2) is 41.3 Å². The number of ether oxygens (including phenoxy) is 1. The van der Waals surface area contributed by atoms with Crippen molar-refractivity contribution < 1.29 is 17.9 Å². The summed E-state index contributed by atoms with van der Waals surface area (Å²) in [5, 5.41) is 2.95. The summed E-state index contributed by atoms with van der Waals surface area (Å²) < 4.78 is 32.5. The van der Waals surface area contributed by atoms with Crippen molar-refractivity contribution >= 4 is 15.9 Å². The van der Waals surface area contributed by atoms with Gasteiger partial charge in [0.2, 0.25) is 10.0 Å². The molecule has 0 aliphatic carbocycles. The predicted molar refractivity (Wildman–Crippen MR) is 119 cm³/mol. The van der Waals surface area contributed by atoms with Gasteiger partial charge in [-0.2, -0.15) is 0 Å². The van der Waals surface area contributed by atoms with Crippen LogP contribution in [0, 0.1) is 20.8 Å². The molecular weight excluding hydrogens is 400 g/mol. The van der Waals surface area contributed by atoms with Gasteiger partial charge in [0.15, 0.2) is 6.61 Å². The average Bonchev–Trinajstić information content (AvgIpc) is 2.69. The third kappa shape index (κ3) is 6.57. The molecule has 7 heteroatoms. The molecule has 1 atom stereocenters. The van der Waals surface area contributed by atoms with E-state index < -0.39 is 10.0 Å². The lowest BCUT2D eigenvalue weighted by Gasteiger charge is -2.18. The number of unbranched alkanes of at least 4 members (excludes halogenated alkanes) is 1. The van der Waals surface area contributed by atoms with Crippen LogP contribution < -0.4 is 14.8 Å². The third-order valence-corrected chi connectivity index (χ3v) is 6.53. The van der Waals surface area contributed by atoms with Gasteiger partial charge in [-0.3, -0.25) is 4.79 Å². The van der Waals surface area contributed by atoms with Crippen molar-refractivity contribution in [2.75, 3.05) is 13.2 Å². The molecule has 0 fully saturated rings. The molecule has 0 bridgehead atoms. The van der Waals surface area contributed by atoms with Crippen molar-refractivity contribution in [1.29, 1.82) is 0 Å². The van der Waals surface area contributed by atoms with Crippen LogP contribution in [-0.4, -0.2) is 27.5 Å². The maximum absolute atomic E-state index is 12.3. The summed E-state index contributed by atoms with van der Waals surface area (Å²) in [5.74, 6) is 0.200. The highest BCUT2D eigenvalue weighted by molar-refractivity contribution is 7.89. The SMILES string of the molecule is CCCCNS(=O)(=O)c1ccc(OCC(=O)N[C@@H](C)c2cc(C)c(C)cc2C)cc1. The summed E-state index contributed by atoms with van der Waals surface area (Å²) in [7, 11) is -3.52. The first-order chi connectivity index (χ1) is 14.1. The smallest absolute Gasteiger partial charge is 0.258 e. The van der Waals surface area contributed by atoms with E-state index >= 15 is 0 Å². The topological polar surface area (TPSA) is 84.5 Å². The maximum Gasteiger partial charge on any atom is 0.258 e. The molecule has 164 valence electrons. The summed E-state index contributed by atoms with van der Waals surface area (Å²) in [5.41, 5.74) is 4.63. The highest BCUT2D eigenvalue weighted by Gasteiger charge is 2.15. The van der Waals surface area contributed by atoms with E-state index in [1.54, 1.807) is 12.1 Å². The molecule has 2 aromatic carbocycles. The van der Waals surface area contributed by atoms with Gasteiger partial charge in [-0.1, -0.05) is 25.5 Å². The number of hydrogen-bond donors (Lipinski definition) is 2. The fourth-order valence-corrected chi connectivity index (χ4v) is 4.21. The van der Waals surface area contributed by atoms with Crippen LogP contribution in [-0.2, 0) is 14.8 Å². The van der Waals surface area contributed by atoms with Crippen LogP contribution in [0.3, 0.4) is 0 Å². The molecule has 0 aliphatic rings. The Balaban J connectivity index is 1.91. The molecule has 0 spiro atoms. The molecule has 0 aromatic heterocycles. The Bertz CT molecular complexity index is 969. The second-order valence-corrected chi connectivity index (χ2v) is 9.36. The van der Waals surface area contributed by atoms with E-state index in [4.69, 9.17) is 4.74 Å². The lowest BCUT2D eigenvalue weighted by Crippen LogP contribution is -2.31. The molecule has 6 nitrogen and oxygen atoms in total. The van der Waals surface area contributed by atoms with E-state index in [1.807, 2.05) is 20.8 Å². The molecule has 0 heterocycles. The Kier molecular flexibility index (Phi) is 8.43. The zero-order chi connectivity index (χ0) is 22.3. The molecule has 2 N–H and O–H groups in total. The standard InChI is InChI=1S/C23H32N2O4S/c1-6-7-12-24-30(27,28)21-10-8-20(9-11-21)29-15-23(26)25-19(5)22-14-17(3)16(2)13-18(22)4/h8-11,13-14,19,24H,6-7,12,15H2,1-5H3,(H,25,26)/t19-/m0/s1. The lowest BCUT2D eigenvalue weighted by atomic mass is 9.96. The van der Waals surface area contributed by atoms with Crippen molar-refractivity contribution in [1.82, 2.24) is 10.0 Å². The van der Waals surface area contributed by atoms with Gasteiger partial charge < -0.3 is 10.1 Å². The fraction of sp³-hybridized carbons (Fsp3) is 0.435. The third-order valence-electron chi connectivity index (χ3n) is 5.05. The van der Waals surface area contributed by atoms with E-state index in [0.717, 1.165) is 24.0 Å². The quantitative estimate of drug-likeness (QED) is 0.557. The number of aryl methyl sites for hydroxylation is 3. The summed E-state index contributed by atoms with van der Waals surface area (Å²) >= 11 is 0. The van der Waals surface area contributed by atoms with Crippen LogP contribution in [0.1, 0.15) is 55.0 Å². The monoisotopic (exact) mass is 432 g/mol. The first kappa shape index (κ1) is 23.9. The zero-order valence-electron chi connectivity index (χ0n) is 18.4. The summed E-state index contributed by atoms with van der Waals surface area (Å²) in [6.07, 6.45) is 1.70. The molecule has 0 aliphatic heterocycles. The normalized spacial score (nSPS) is 12.4. The van der Waals surface area contributed by atoms with Gasteiger partial charge in [0.05, 0.1) is 10.9 Å². The average molecular weight is 433 g/mol. The number of sulfonamides is 1. The number of hydrogen-bond acceptors (Lipinski definition) is 4. The van der Waals surface area contributed by atoms with Gasteiger partial charge in [-0.15, -0.1) is 0 Å². The number of benzene rings is 2. The molecule has 0 saturated heterocycles. The van der Waals surface area contributed by atoms with Crippen molar-refractivity contribution in [2.45, 2.75) is 58.4 Å². The van der Waals surface area contributed by atoms with Crippen molar-refractivity contribution in [2.24, 2.45) is 0 Å². The summed E-state index contributed by atoms with van der Waals surface area (Å²) in [4.78, 5) is 12.5. The van der Waals surface area contributed by atoms with E-state index in [9.17, 15) is 13.2 Å². The Hall–Kier alpha value is -2.38. The number of rotatable bonds is 10. The molecule has 2 rings (SSSR count). The minimum atomic E-state index is -3.52. The van der Waals surface area contributed by atoms with E-state index in [1.165, 1.54) is 23.3 Å². The summed E-state index contributed by atoms with van der Waals surface area (Å²) in [6, 6.07) is 10.1. The van der Waals surface area contributed by atoms with Gasteiger partial charge in [0.1, 0.15) is 5.75 Å². The maximum atomic E-state index is 12.3. The van der Waals surface area contributed by atoms with Crippen molar-refractivity contribution in [3.63, 3.8) is 0 Å². The number of nitrogens with one attached hydrogen (secondary N) is 2. The molecule has 30 heavy (non-hydrogen) atoms. The van der Waals surface area contributed by atoms with Crippen LogP contribution in [0.2, 0.25) is 0 Å². The highest BCUT2D eigenvalue weighted by Crippen LogP contribution is 2.22. The van der Waals surface area contributed by atoms with Gasteiger partial charge in [-0.25, -0.2) is 13.1 Å². The molecule has 2 aromatic rings. The van der Waals surface area contributed by atoms with E-state index in [-0.39, 0.29) is 23.5 Å². The second kappa shape index (κ2) is 10.6. The van der Waals surface area contributed by atoms with Gasteiger partial charge in [-0.05, 0) is 80.6 Å². The first-order valence-electron chi connectivity index (χ1n) is 10.2. The van der Waals surface area contributed by atoms with Crippen LogP contribution >= 0.6 is 0 Å². The van der Waals surface area contributed by atoms with Crippen LogP contribution in [0.25, 0.3) is 0 Å². The molecule has 0 radical (unpaired) electrons. The minimum Gasteiger partial charge on any atom is -0.484 e. The number of carbonyl (C=O) groups is 1. The van der Waals surface area contributed by atoms with Gasteiger partial charge in [0.25, 0.3) is 5.91 Å². The molecule has 0 saturated carbocycles. The second-order valence-electron chi connectivity index (χ2n) is 7.59. The Morgan fingerprint density at radius 2 is 1.67 bits per heavy atom. The largest absolute Gasteiger partial charge is 0.484 e. The van der Waals surface area contributed by atoms with E-state index in [0.29, 0.717) is 12.3 Å². The highest BCUT2D eigenvalue weighted by atomic mass is 32.2. The van der Waals surface area contributed by atoms with Crippen LogP contribution in [0.4, 0.5) is 0 Å². The predicted octanol–water partition coefficient (Wildman–Crippen LogP) is 3.95. The Morgan fingerprint density at radius 1 is 1.03 bits per heavy atom. The zero-order valence-corrected chi connectivity index (χ0v) is 19.2. The molecular formula is C23H32N2O4S. The number of amides is 1. The minimum absolute atomic E-state index is 0.137. The lowest BCUT2D eigenvalue weighted by molar-refractivity contribution is -0.123. The number of carbonyl (C=O) groups excluding carboxylic acids is 1. The van der Waals surface area contributed by atoms with Gasteiger partial charge in [0, 0.05) is 6.54 Å². The Morgan fingerprint density at radius 3 is 2.30 bits per heavy atom. The fourth-order valence-electron chi connectivity index (χ4n) is 3.14. The molecule has 1 amide bonds. The molecule has 0 unspecified atom stereocenters. The van der Waals surface area contributed by atoms with Gasteiger partial charge >= 0.3 is 0 Å². The van der Waals surface area contributed by atoms with Crippen molar-refractivity contribution in [3.05, 3.63) is 58.7 Å². The summed E-state index contributed by atoms with van der Waals surface area (Å²) in [6.45, 7) is 10.4.